The van der Waals surface area contributed by atoms with Crippen LogP contribution in [0.15, 0.2) is 30.4 Å². The van der Waals surface area contributed by atoms with Gasteiger partial charge in [-0.15, -0.1) is 5.10 Å². The number of para-hydroxylation sites is 1. The fourth-order valence-electron chi connectivity index (χ4n) is 6.66. The number of benzene rings is 1. The Labute approximate surface area is 191 Å². The van der Waals surface area contributed by atoms with Crippen LogP contribution >= 0.6 is 0 Å². The topological polar surface area (TPSA) is 110 Å². The molecule has 2 aromatic rings. The van der Waals surface area contributed by atoms with Gasteiger partial charge >= 0.3 is 5.97 Å². The Morgan fingerprint density at radius 1 is 1.18 bits per heavy atom. The first-order valence-corrected chi connectivity index (χ1v) is 11.6. The van der Waals surface area contributed by atoms with Gasteiger partial charge in [0.15, 0.2) is 5.82 Å². The minimum atomic E-state index is -0.982. The summed E-state index contributed by atoms with van der Waals surface area (Å²) in [5.74, 6) is -2.07. The SMILES string of the molecule is Cc1cccc(C)c1-n1nnnc1C1(N2C[C@@]34C=C[C@H](O3)[C@H](C(=O)O)[C@@H]4C2=O)CCCCC1. The third kappa shape index (κ3) is 2.65. The van der Waals surface area contributed by atoms with Crippen LogP contribution in [0, 0.1) is 25.7 Å². The predicted octanol–water partition coefficient (Wildman–Crippen LogP) is 2.31. The Bertz CT molecular complexity index is 1160. The average molecular weight is 450 g/mol. The van der Waals surface area contributed by atoms with Crippen LogP contribution in [0.4, 0.5) is 0 Å². The van der Waals surface area contributed by atoms with Crippen molar-refractivity contribution in [1.82, 2.24) is 25.1 Å². The van der Waals surface area contributed by atoms with E-state index in [2.05, 4.69) is 15.5 Å². The van der Waals surface area contributed by atoms with Gasteiger partial charge in [-0.2, -0.15) is 4.68 Å². The number of tetrazole rings is 1. The number of hydrogen-bond donors (Lipinski definition) is 1. The van der Waals surface area contributed by atoms with Gasteiger partial charge < -0.3 is 14.7 Å². The van der Waals surface area contributed by atoms with E-state index in [0.29, 0.717) is 12.4 Å². The Hall–Kier alpha value is -3.07. The zero-order valence-electron chi connectivity index (χ0n) is 18.8. The highest BCUT2D eigenvalue weighted by Gasteiger charge is 2.69. The molecule has 1 aromatic heterocycles. The van der Waals surface area contributed by atoms with Gasteiger partial charge in [-0.25, -0.2) is 0 Å². The van der Waals surface area contributed by atoms with Gasteiger partial charge in [-0.1, -0.05) is 49.6 Å². The van der Waals surface area contributed by atoms with Crippen molar-refractivity contribution >= 4 is 11.9 Å². The molecule has 0 radical (unpaired) electrons. The van der Waals surface area contributed by atoms with Gasteiger partial charge in [0.2, 0.25) is 5.91 Å². The van der Waals surface area contributed by atoms with E-state index in [4.69, 9.17) is 4.74 Å². The lowest BCUT2D eigenvalue weighted by Gasteiger charge is -2.44. The number of hydrogen-bond acceptors (Lipinski definition) is 6. The molecular formula is C24H27N5O4. The molecule has 4 aliphatic rings. The van der Waals surface area contributed by atoms with Crippen LogP contribution in [-0.2, 0) is 19.9 Å². The highest BCUT2D eigenvalue weighted by molar-refractivity contribution is 5.91. The van der Waals surface area contributed by atoms with Crippen LogP contribution in [0.25, 0.3) is 5.69 Å². The van der Waals surface area contributed by atoms with Gasteiger partial charge in [0.05, 0.1) is 24.3 Å². The molecule has 1 amide bonds. The molecule has 3 fully saturated rings. The maximum absolute atomic E-state index is 13.9. The quantitative estimate of drug-likeness (QED) is 0.713. The van der Waals surface area contributed by atoms with E-state index < -0.39 is 35.0 Å². The lowest BCUT2D eigenvalue weighted by Crippen LogP contribution is -2.52. The summed E-state index contributed by atoms with van der Waals surface area (Å²) in [5.41, 5.74) is 1.44. The van der Waals surface area contributed by atoms with Crippen molar-refractivity contribution in [2.24, 2.45) is 11.8 Å². The summed E-state index contributed by atoms with van der Waals surface area (Å²) >= 11 is 0. The number of carbonyl (C=O) groups excluding carboxylic acids is 1. The molecule has 2 saturated heterocycles. The zero-order chi connectivity index (χ0) is 23.0. The molecule has 4 heterocycles. The van der Waals surface area contributed by atoms with Crippen LogP contribution in [0.3, 0.4) is 0 Å². The summed E-state index contributed by atoms with van der Waals surface area (Å²) in [6.07, 6.45) is 7.62. The molecule has 0 unspecified atom stereocenters. The number of carbonyl (C=O) groups is 2. The van der Waals surface area contributed by atoms with Gasteiger partial charge in [0.1, 0.15) is 17.1 Å². The largest absolute Gasteiger partial charge is 0.481 e. The van der Waals surface area contributed by atoms with E-state index in [1.165, 1.54) is 0 Å². The third-order valence-corrected chi connectivity index (χ3v) is 8.12. The molecule has 1 N–H and O–H groups in total. The van der Waals surface area contributed by atoms with Crippen molar-refractivity contribution in [2.45, 2.75) is 63.2 Å². The van der Waals surface area contributed by atoms with Crippen LogP contribution in [0.1, 0.15) is 49.1 Å². The monoisotopic (exact) mass is 449 g/mol. The molecule has 33 heavy (non-hydrogen) atoms. The Morgan fingerprint density at radius 3 is 2.61 bits per heavy atom. The maximum Gasteiger partial charge on any atom is 0.310 e. The van der Waals surface area contributed by atoms with E-state index in [1.807, 2.05) is 43.0 Å². The number of fused-ring (bicyclic) bond motifs is 1. The van der Waals surface area contributed by atoms with E-state index in [1.54, 1.807) is 10.8 Å². The molecule has 1 spiro atoms. The number of carboxylic acid groups (broad SMARTS) is 1. The number of ether oxygens (including phenoxy) is 1. The first kappa shape index (κ1) is 20.5. The van der Waals surface area contributed by atoms with Crippen molar-refractivity contribution < 1.29 is 19.4 Å². The number of likely N-dealkylation sites (tertiary alicyclic amines) is 1. The fraction of sp³-hybridized carbons (Fsp3) is 0.542. The molecule has 1 saturated carbocycles. The molecule has 3 aliphatic heterocycles. The highest BCUT2D eigenvalue weighted by Crippen LogP contribution is 2.56. The van der Waals surface area contributed by atoms with Crippen LogP contribution < -0.4 is 0 Å². The lowest BCUT2D eigenvalue weighted by molar-refractivity contribution is -0.150. The minimum absolute atomic E-state index is 0.160. The Balaban J connectivity index is 1.49. The van der Waals surface area contributed by atoms with E-state index in [0.717, 1.165) is 48.9 Å². The molecule has 6 rings (SSSR count). The van der Waals surface area contributed by atoms with Gasteiger partial charge in [0, 0.05) is 0 Å². The van der Waals surface area contributed by atoms with Crippen LogP contribution in [-0.4, -0.2) is 60.3 Å². The summed E-state index contributed by atoms with van der Waals surface area (Å²) in [4.78, 5) is 27.9. The number of nitrogens with zero attached hydrogens (tertiary/aromatic N) is 5. The second kappa shape index (κ2) is 6.96. The van der Waals surface area contributed by atoms with Gasteiger partial charge in [0.25, 0.3) is 0 Å². The Kier molecular flexibility index (Phi) is 4.33. The third-order valence-electron chi connectivity index (χ3n) is 8.12. The predicted molar refractivity (Wildman–Crippen MR) is 116 cm³/mol. The molecule has 172 valence electrons. The Morgan fingerprint density at radius 2 is 1.91 bits per heavy atom. The first-order valence-electron chi connectivity index (χ1n) is 11.6. The normalized spacial score (nSPS) is 31.9. The zero-order valence-corrected chi connectivity index (χ0v) is 18.8. The summed E-state index contributed by atoms with van der Waals surface area (Å²) in [7, 11) is 0. The van der Waals surface area contributed by atoms with Crippen LogP contribution in [0.5, 0.6) is 0 Å². The number of aromatic nitrogens is 4. The smallest absolute Gasteiger partial charge is 0.310 e. The number of carboxylic acids is 1. The van der Waals surface area contributed by atoms with Crippen molar-refractivity contribution in [3.05, 3.63) is 47.3 Å². The van der Waals surface area contributed by atoms with Crippen molar-refractivity contribution in [1.29, 1.82) is 0 Å². The second-order valence-electron chi connectivity index (χ2n) is 9.91. The summed E-state index contributed by atoms with van der Waals surface area (Å²) in [6, 6.07) is 6.06. The van der Waals surface area contributed by atoms with E-state index in [9.17, 15) is 14.7 Å². The lowest BCUT2D eigenvalue weighted by atomic mass is 9.77. The van der Waals surface area contributed by atoms with Crippen LogP contribution in [0.2, 0.25) is 0 Å². The molecule has 2 bridgehead atoms. The summed E-state index contributed by atoms with van der Waals surface area (Å²) < 4.78 is 7.94. The molecule has 1 aromatic carbocycles. The number of amides is 1. The van der Waals surface area contributed by atoms with Crippen molar-refractivity contribution in [3.8, 4) is 5.69 Å². The van der Waals surface area contributed by atoms with E-state index >= 15 is 0 Å². The minimum Gasteiger partial charge on any atom is -0.481 e. The average Bonchev–Trinajstić information content (AvgIpc) is 3.55. The van der Waals surface area contributed by atoms with E-state index in [-0.39, 0.29) is 5.91 Å². The second-order valence-corrected chi connectivity index (χ2v) is 9.91. The van der Waals surface area contributed by atoms with Crippen molar-refractivity contribution in [3.63, 3.8) is 0 Å². The number of aliphatic carboxylic acids is 1. The molecular weight excluding hydrogens is 422 g/mol. The van der Waals surface area contributed by atoms with Gasteiger partial charge in [-0.3, -0.25) is 9.59 Å². The highest BCUT2D eigenvalue weighted by atomic mass is 16.5. The summed E-state index contributed by atoms with van der Waals surface area (Å²) in [5, 5.41) is 22.8. The standard InChI is InChI=1S/C24H27N5O4/c1-14-7-6-8-15(2)19(14)29-22(25-26-27-29)23(10-4-3-5-11-23)28-13-24-12-9-16(33-24)17(21(31)32)18(24)20(28)30/h6-9,12,16-18H,3-5,10-11,13H2,1-2H3,(H,31,32)/t16-,17-,18+,24+/m0/s1. The molecule has 9 heteroatoms. The van der Waals surface area contributed by atoms with Gasteiger partial charge in [-0.05, 0) is 48.2 Å². The van der Waals surface area contributed by atoms with Crippen molar-refractivity contribution in [2.75, 3.05) is 6.54 Å². The number of aryl methyl sites for hydroxylation is 2. The molecule has 4 atom stereocenters. The molecule has 9 nitrogen and oxygen atoms in total. The summed E-state index contributed by atoms with van der Waals surface area (Å²) in [6.45, 7) is 4.38. The first-order chi connectivity index (χ1) is 15.9. The maximum atomic E-state index is 13.9. The number of rotatable bonds is 4. The fourth-order valence-corrected chi connectivity index (χ4v) is 6.66. The molecule has 1 aliphatic carbocycles.